The van der Waals surface area contributed by atoms with Crippen molar-refractivity contribution in [2.45, 2.75) is 25.9 Å². The van der Waals surface area contributed by atoms with Crippen LogP contribution >= 0.6 is 11.8 Å². The zero-order valence-corrected chi connectivity index (χ0v) is 13.4. The number of thioether (sulfide) groups is 1. The van der Waals surface area contributed by atoms with Crippen LogP contribution in [0.15, 0.2) is 24.3 Å². The first kappa shape index (κ1) is 16.5. The van der Waals surface area contributed by atoms with E-state index in [-0.39, 0.29) is 29.4 Å². The van der Waals surface area contributed by atoms with Gasteiger partial charge >= 0.3 is 0 Å². The van der Waals surface area contributed by atoms with Crippen LogP contribution in [0.4, 0.5) is 4.79 Å². The van der Waals surface area contributed by atoms with Crippen LogP contribution in [0.5, 0.6) is 0 Å². The van der Waals surface area contributed by atoms with E-state index in [1.807, 2.05) is 13.8 Å². The molecular weight excluding hydrogens is 302 g/mol. The number of rotatable bonds is 5. The highest BCUT2D eigenvalue weighted by molar-refractivity contribution is 8.14. The third-order valence-corrected chi connectivity index (χ3v) is 4.19. The normalized spacial score (nSPS) is 15.3. The predicted molar refractivity (Wildman–Crippen MR) is 85.4 cm³/mol. The van der Waals surface area contributed by atoms with Crippen molar-refractivity contribution in [3.63, 3.8) is 0 Å². The first-order chi connectivity index (χ1) is 10.3. The van der Waals surface area contributed by atoms with Gasteiger partial charge in [-0.1, -0.05) is 23.9 Å². The van der Waals surface area contributed by atoms with Gasteiger partial charge in [-0.2, -0.15) is 0 Å². The van der Waals surface area contributed by atoms with Crippen LogP contribution < -0.4 is 11.1 Å². The molecule has 0 spiro atoms. The highest BCUT2D eigenvalue weighted by Gasteiger charge is 2.29. The van der Waals surface area contributed by atoms with Crippen molar-refractivity contribution in [2.24, 2.45) is 5.73 Å². The quantitative estimate of drug-likeness (QED) is 0.854. The van der Waals surface area contributed by atoms with E-state index in [9.17, 15) is 14.4 Å². The summed E-state index contributed by atoms with van der Waals surface area (Å²) in [5.41, 5.74) is 6.32. The van der Waals surface area contributed by atoms with Crippen molar-refractivity contribution in [3.05, 3.63) is 35.4 Å². The molecular formula is C15H19N3O3S. The molecule has 3 amide bonds. The number of carbonyl (C=O) groups is 3. The molecule has 1 aliphatic rings. The zero-order valence-electron chi connectivity index (χ0n) is 12.6. The standard InChI is InChI=1S/C15H19N3O3S/c1-15(2,9-16)17-13(20)11-5-3-4-10(6-11)7-18-12(19)8-22-14(18)21/h3-6H,7-9,16H2,1-2H3,(H,17,20). The van der Waals surface area contributed by atoms with E-state index >= 15 is 0 Å². The lowest BCUT2D eigenvalue weighted by atomic mass is 10.0. The molecule has 0 saturated carbocycles. The Bertz CT molecular complexity index is 600. The molecule has 1 saturated heterocycles. The average molecular weight is 321 g/mol. The smallest absolute Gasteiger partial charge is 0.289 e. The molecule has 1 fully saturated rings. The summed E-state index contributed by atoms with van der Waals surface area (Å²) >= 11 is 0.998. The van der Waals surface area contributed by atoms with Gasteiger partial charge in [0.2, 0.25) is 5.91 Å². The van der Waals surface area contributed by atoms with Crippen LogP contribution in [0.2, 0.25) is 0 Å². The molecule has 22 heavy (non-hydrogen) atoms. The number of imide groups is 1. The van der Waals surface area contributed by atoms with Gasteiger partial charge in [0, 0.05) is 17.6 Å². The molecule has 3 N–H and O–H groups in total. The van der Waals surface area contributed by atoms with Gasteiger partial charge in [-0.3, -0.25) is 19.3 Å². The topological polar surface area (TPSA) is 92.5 Å². The Kier molecular flexibility index (Phi) is 4.87. The predicted octanol–water partition coefficient (Wildman–Crippen LogP) is 1.35. The van der Waals surface area contributed by atoms with Gasteiger partial charge in [0.15, 0.2) is 0 Å². The SMILES string of the molecule is CC(C)(CN)NC(=O)c1cccc(CN2C(=O)CSC2=O)c1. The summed E-state index contributed by atoms with van der Waals surface area (Å²) in [5.74, 6) is -0.246. The highest BCUT2D eigenvalue weighted by atomic mass is 32.2. The molecule has 1 aromatic carbocycles. The highest BCUT2D eigenvalue weighted by Crippen LogP contribution is 2.21. The largest absolute Gasteiger partial charge is 0.346 e. The fourth-order valence-corrected chi connectivity index (χ4v) is 2.68. The maximum absolute atomic E-state index is 12.2. The number of amides is 3. The van der Waals surface area contributed by atoms with Crippen molar-refractivity contribution in [3.8, 4) is 0 Å². The molecule has 0 aliphatic carbocycles. The molecule has 0 aromatic heterocycles. The van der Waals surface area contributed by atoms with Gasteiger partial charge < -0.3 is 11.1 Å². The second-order valence-electron chi connectivity index (χ2n) is 5.78. The van der Waals surface area contributed by atoms with Gasteiger partial charge in [-0.15, -0.1) is 0 Å². The van der Waals surface area contributed by atoms with Gasteiger partial charge in [0.25, 0.3) is 11.1 Å². The van der Waals surface area contributed by atoms with Crippen LogP contribution in [0.1, 0.15) is 29.8 Å². The van der Waals surface area contributed by atoms with E-state index in [1.165, 1.54) is 4.90 Å². The third-order valence-electron chi connectivity index (χ3n) is 3.33. The molecule has 6 nitrogen and oxygen atoms in total. The van der Waals surface area contributed by atoms with Crippen LogP contribution in [0.25, 0.3) is 0 Å². The average Bonchev–Trinajstić information content (AvgIpc) is 2.79. The van der Waals surface area contributed by atoms with Crippen molar-refractivity contribution in [2.75, 3.05) is 12.3 Å². The van der Waals surface area contributed by atoms with E-state index < -0.39 is 5.54 Å². The molecule has 7 heteroatoms. The summed E-state index contributed by atoms with van der Waals surface area (Å²) in [6, 6.07) is 6.89. The lowest BCUT2D eigenvalue weighted by Crippen LogP contribution is -2.48. The minimum Gasteiger partial charge on any atom is -0.346 e. The molecule has 1 aromatic rings. The van der Waals surface area contributed by atoms with Crippen molar-refractivity contribution in [1.29, 1.82) is 0 Å². The van der Waals surface area contributed by atoms with Crippen molar-refractivity contribution >= 4 is 28.8 Å². The number of benzene rings is 1. The van der Waals surface area contributed by atoms with E-state index in [2.05, 4.69) is 5.32 Å². The molecule has 1 heterocycles. The maximum atomic E-state index is 12.2. The van der Waals surface area contributed by atoms with Gasteiger partial charge in [0.1, 0.15) is 0 Å². The van der Waals surface area contributed by atoms with E-state index in [0.29, 0.717) is 12.1 Å². The Hall–Kier alpha value is -1.86. The fourth-order valence-electron chi connectivity index (χ4n) is 1.96. The summed E-state index contributed by atoms with van der Waals surface area (Å²) < 4.78 is 0. The van der Waals surface area contributed by atoms with E-state index in [4.69, 9.17) is 5.73 Å². The van der Waals surface area contributed by atoms with Crippen molar-refractivity contribution in [1.82, 2.24) is 10.2 Å². The number of nitrogens with zero attached hydrogens (tertiary/aromatic N) is 1. The Morgan fingerprint density at radius 2 is 2.14 bits per heavy atom. The zero-order chi connectivity index (χ0) is 16.3. The first-order valence-electron chi connectivity index (χ1n) is 6.91. The lowest BCUT2D eigenvalue weighted by Gasteiger charge is -2.24. The molecule has 118 valence electrons. The Morgan fingerprint density at radius 1 is 1.41 bits per heavy atom. The lowest BCUT2D eigenvalue weighted by molar-refractivity contribution is -0.125. The number of hydrogen-bond donors (Lipinski definition) is 2. The summed E-state index contributed by atoms with van der Waals surface area (Å²) in [6.07, 6.45) is 0. The second kappa shape index (κ2) is 6.50. The van der Waals surface area contributed by atoms with Crippen LogP contribution in [0.3, 0.4) is 0 Å². The minimum atomic E-state index is -0.495. The third kappa shape index (κ3) is 3.86. The Morgan fingerprint density at radius 3 is 2.73 bits per heavy atom. The fraction of sp³-hybridized carbons (Fsp3) is 0.400. The molecule has 0 radical (unpaired) electrons. The summed E-state index contributed by atoms with van der Waals surface area (Å²) in [4.78, 5) is 36.7. The van der Waals surface area contributed by atoms with Gasteiger partial charge in [0.05, 0.1) is 12.3 Å². The van der Waals surface area contributed by atoms with Crippen LogP contribution in [0, 0.1) is 0 Å². The van der Waals surface area contributed by atoms with Crippen molar-refractivity contribution < 1.29 is 14.4 Å². The molecule has 0 unspecified atom stereocenters. The molecule has 0 atom stereocenters. The number of hydrogen-bond acceptors (Lipinski definition) is 5. The minimum absolute atomic E-state index is 0.184. The number of carbonyl (C=O) groups excluding carboxylic acids is 3. The first-order valence-corrected chi connectivity index (χ1v) is 7.89. The Labute approximate surface area is 133 Å². The summed E-state index contributed by atoms with van der Waals surface area (Å²) in [7, 11) is 0. The van der Waals surface area contributed by atoms with Gasteiger partial charge in [-0.05, 0) is 31.5 Å². The Balaban J connectivity index is 2.11. The molecule has 2 rings (SSSR count). The summed E-state index contributed by atoms with van der Waals surface area (Å²) in [5, 5.41) is 2.60. The summed E-state index contributed by atoms with van der Waals surface area (Å²) in [6.45, 7) is 4.19. The van der Waals surface area contributed by atoms with E-state index in [1.54, 1.807) is 24.3 Å². The molecule has 1 aliphatic heterocycles. The molecule has 0 bridgehead atoms. The number of nitrogens with one attached hydrogen (secondary N) is 1. The van der Waals surface area contributed by atoms with Crippen LogP contribution in [-0.4, -0.2) is 39.8 Å². The maximum Gasteiger partial charge on any atom is 0.289 e. The monoisotopic (exact) mass is 321 g/mol. The van der Waals surface area contributed by atoms with E-state index in [0.717, 1.165) is 17.3 Å². The number of nitrogens with two attached hydrogens (primary N) is 1. The van der Waals surface area contributed by atoms with Gasteiger partial charge in [-0.25, -0.2) is 0 Å². The van der Waals surface area contributed by atoms with Crippen LogP contribution in [-0.2, 0) is 11.3 Å². The second-order valence-corrected chi connectivity index (χ2v) is 6.70.